The average molecular weight is 483 g/mol. The number of nitro benzene ring substituents is 1. The molecule has 9 nitrogen and oxygen atoms in total. The van der Waals surface area contributed by atoms with Gasteiger partial charge >= 0.3 is 0 Å². The van der Waals surface area contributed by atoms with Crippen molar-refractivity contribution in [2.24, 2.45) is 13.0 Å². The van der Waals surface area contributed by atoms with E-state index >= 15 is 0 Å². The van der Waals surface area contributed by atoms with Crippen molar-refractivity contribution in [1.29, 1.82) is 0 Å². The molecule has 0 radical (unpaired) electrons. The van der Waals surface area contributed by atoms with Crippen molar-refractivity contribution in [3.05, 3.63) is 57.4 Å². The first-order chi connectivity index (χ1) is 15.0. The molecule has 1 aliphatic carbocycles. The molecule has 3 rings (SSSR count). The van der Waals surface area contributed by atoms with Crippen molar-refractivity contribution >= 4 is 33.2 Å². The number of carbonyl (C=O) groups excluding carboxylic acids is 1. The molecule has 1 aromatic carbocycles. The van der Waals surface area contributed by atoms with E-state index in [1.165, 1.54) is 12.1 Å². The van der Waals surface area contributed by atoms with Gasteiger partial charge in [0.2, 0.25) is 15.9 Å². The Morgan fingerprint density at radius 2 is 2.00 bits per heavy atom. The van der Waals surface area contributed by atoms with Crippen LogP contribution < -0.4 is 0 Å². The third-order valence-electron chi connectivity index (χ3n) is 5.32. The zero-order chi connectivity index (χ0) is 23.6. The summed E-state index contributed by atoms with van der Waals surface area (Å²) in [6.07, 6.45) is 3.67. The predicted molar refractivity (Wildman–Crippen MR) is 121 cm³/mol. The molecule has 2 aromatic rings. The highest BCUT2D eigenvalue weighted by atomic mass is 35.5. The Bertz CT molecular complexity index is 1110. The van der Waals surface area contributed by atoms with Crippen LogP contribution in [0.5, 0.6) is 0 Å². The molecule has 1 aliphatic rings. The quantitative estimate of drug-likeness (QED) is 0.381. The topological polar surface area (TPSA) is 106 Å². The number of hydrogen-bond donors (Lipinski definition) is 0. The molecule has 1 aromatic heterocycles. The lowest BCUT2D eigenvalue weighted by Gasteiger charge is -2.28. The van der Waals surface area contributed by atoms with Gasteiger partial charge < -0.3 is 9.47 Å². The van der Waals surface area contributed by atoms with E-state index in [2.05, 4.69) is 0 Å². The highest BCUT2D eigenvalue weighted by Gasteiger charge is 2.36. The van der Waals surface area contributed by atoms with E-state index in [4.69, 9.17) is 11.6 Å². The van der Waals surface area contributed by atoms with Gasteiger partial charge in [-0.15, -0.1) is 0 Å². The van der Waals surface area contributed by atoms with Crippen LogP contribution in [0.1, 0.15) is 32.4 Å². The molecule has 1 amide bonds. The first-order valence-corrected chi connectivity index (χ1v) is 12.2. The third kappa shape index (κ3) is 5.48. The van der Waals surface area contributed by atoms with Gasteiger partial charge in [-0.05, 0) is 43.0 Å². The minimum absolute atomic E-state index is 0.0536. The number of hydrogen-bond acceptors (Lipinski definition) is 5. The van der Waals surface area contributed by atoms with Crippen molar-refractivity contribution in [2.45, 2.75) is 44.2 Å². The molecular formula is C21H27ClN4O5S. The number of sulfonamides is 1. The summed E-state index contributed by atoms with van der Waals surface area (Å²) in [4.78, 5) is 25.2. The predicted octanol–water partition coefficient (Wildman–Crippen LogP) is 3.42. The van der Waals surface area contributed by atoms with Crippen LogP contribution in [-0.2, 0) is 28.4 Å². The first-order valence-electron chi connectivity index (χ1n) is 10.3. The fourth-order valence-electron chi connectivity index (χ4n) is 3.48. The monoisotopic (exact) mass is 482 g/mol. The number of rotatable bonds is 10. The van der Waals surface area contributed by atoms with Crippen molar-refractivity contribution in [3.63, 3.8) is 0 Å². The Kier molecular flexibility index (Phi) is 7.26. The van der Waals surface area contributed by atoms with Crippen LogP contribution >= 0.6 is 11.6 Å². The van der Waals surface area contributed by atoms with E-state index in [0.29, 0.717) is 6.54 Å². The Balaban J connectivity index is 1.88. The maximum atomic E-state index is 13.4. The van der Waals surface area contributed by atoms with Crippen molar-refractivity contribution in [2.75, 3.05) is 13.1 Å². The van der Waals surface area contributed by atoms with E-state index in [-0.39, 0.29) is 40.9 Å². The van der Waals surface area contributed by atoms with Gasteiger partial charge in [0.25, 0.3) is 5.69 Å². The summed E-state index contributed by atoms with van der Waals surface area (Å²) in [6.45, 7) is 3.86. The van der Waals surface area contributed by atoms with Crippen LogP contribution in [0.15, 0.2) is 41.4 Å². The lowest BCUT2D eigenvalue weighted by atomic mass is 10.2. The maximum Gasteiger partial charge on any atom is 0.289 e. The third-order valence-corrected chi connectivity index (χ3v) is 7.45. The Morgan fingerprint density at radius 3 is 2.53 bits per heavy atom. The summed E-state index contributed by atoms with van der Waals surface area (Å²) in [5.41, 5.74) is 0.462. The van der Waals surface area contributed by atoms with Crippen LogP contribution in [-0.4, -0.2) is 52.2 Å². The normalized spacial score (nSPS) is 14.2. The summed E-state index contributed by atoms with van der Waals surface area (Å²) in [5.74, 6) is -0.344. The molecule has 1 fully saturated rings. The van der Waals surface area contributed by atoms with Crippen LogP contribution in [0, 0.1) is 16.0 Å². The van der Waals surface area contributed by atoms with E-state index in [1.807, 2.05) is 43.8 Å². The number of amides is 1. The molecule has 0 spiro atoms. The minimum atomic E-state index is -4.16. The second-order valence-electron chi connectivity index (χ2n) is 8.42. The van der Waals surface area contributed by atoms with Crippen LogP contribution in [0.4, 0.5) is 5.69 Å². The zero-order valence-electron chi connectivity index (χ0n) is 18.3. The lowest BCUT2D eigenvalue weighted by Crippen LogP contribution is -2.44. The molecule has 0 bridgehead atoms. The smallest absolute Gasteiger partial charge is 0.289 e. The Morgan fingerprint density at radius 1 is 1.31 bits per heavy atom. The first kappa shape index (κ1) is 24.2. The van der Waals surface area contributed by atoms with Gasteiger partial charge in [-0.2, -0.15) is 4.31 Å². The van der Waals surface area contributed by atoms with Gasteiger partial charge in [0, 0.05) is 37.6 Å². The number of halogens is 1. The van der Waals surface area contributed by atoms with Crippen molar-refractivity contribution < 1.29 is 18.1 Å². The standard InChI is InChI=1S/C21H27ClN4O5S/c1-15(2)12-24(32(30,31)18-8-9-19(22)20(11-18)26(28)29)14-21(27)25(16-6-7-16)13-17-5-4-10-23(17)3/h4-5,8-11,15-16H,6-7,12-14H2,1-3H3. The van der Waals surface area contributed by atoms with Crippen LogP contribution in [0.2, 0.25) is 5.02 Å². The second-order valence-corrected chi connectivity index (χ2v) is 10.8. The number of nitro groups is 1. The van der Waals surface area contributed by atoms with E-state index < -0.39 is 20.6 Å². The highest BCUT2D eigenvalue weighted by molar-refractivity contribution is 7.89. The summed E-state index contributed by atoms with van der Waals surface area (Å²) in [5, 5.41) is 11.1. The molecule has 174 valence electrons. The van der Waals surface area contributed by atoms with Crippen molar-refractivity contribution in [1.82, 2.24) is 13.8 Å². The number of aryl methyl sites for hydroxylation is 1. The number of nitrogens with zero attached hydrogens (tertiary/aromatic N) is 4. The van der Waals surface area contributed by atoms with Crippen LogP contribution in [0.3, 0.4) is 0 Å². The number of carbonyl (C=O) groups is 1. The fraction of sp³-hybridized carbons (Fsp3) is 0.476. The summed E-state index contributed by atoms with van der Waals surface area (Å²) in [7, 11) is -2.26. The van der Waals surface area contributed by atoms with Gasteiger partial charge in [0.15, 0.2) is 0 Å². The summed E-state index contributed by atoms with van der Waals surface area (Å²) >= 11 is 5.84. The van der Waals surface area contributed by atoms with Gasteiger partial charge in [0.1, 0.15) is 5.02 Å². The second kappa shape index (κ2) is 9.60. The van der Waals surface area contributed by atoms with Gasteiger partial charge in [-0.1, -0.05) is 25.4 Å². The minimum Gasteiger partial charge on any atom is -0.353 e. The fourth-order valence-corrected chi connectivity index (χ4v) is 5.24. The Hall–Kier alpha value is -2.43. The molecule has 0 aliphatic heterocycles. The van der Waals surface area contributed by atoms with Gasteiger partial charge in [-0.3, -0.25) is 14.9 Å². The van der Waals surface area contributed by atoms with E-state index in [1.54, 1.807) is 4.90 Å². The van der Waals surface area contributed by atoms with Crippen LogP contribution in [0.25, 0.3) is 0 Å². The average Bonchev–Trinajstić information content (AvgIpc) is 3.47. The molecule has 0 atom stereocenters. The van der Waals surface area contributed by atoms with Gasteiger partial charge in [0.05, 0.1) is 22.9 Å². The molecule has 32 heavy (non-hydrogen) atoms. The SMILES string of the molecule is CC(C)CN(CC(=O)N(Cc1cccn1C)C1CC1)S(=O)(=O)c1ccc(Cl)c([N+](=O)[O-])c1. The number of aromatic nitrogens is 1. The zero-order valence-corrected chi connectivity index (χ0v) is 19.8. The van der Waals surface area contributed by atoms with E-state index in [9.17, 15) is 23.3 Å². The molecule has 1 saturated carbocycles. The molecule has 0 unspecified atom stereocenters. The van der Waals surface area contributed by atoms with Crippen molar-refractivity contribution in [3.8, 4) is 0 Å². The van der Waals surface area contributed by atoms with E-state index in [0.717, 1.165) is 28.9 Å². The molecule has 1 heterocycles. The molecule has 11 heteroatoms. The summed E-state index contributed by atoms with van der Waals surface area (Å²) in [6, 6.07) is 7.28. The largest absolute Gasteiger partial charge is 0.353 e. The maximum absolute atomic E-state index is 13.4. The Labute approximate surface area is 192 Å². The highest BCUT2D eigenvalue weighted by Crippen LogP contribution is 2.31. The molecular weight excluding hydrogens is 456 g/mol. The van der Waals surface area contributed by atoms with Gasteiger partial charge in [-0.25, -0.2) is 8.42 Å². The molecule has 0 saturated heterocycles. The molecule has 0 N–H and O–H groups in total. The number of benzene rings is 1. The lowest BCUT2D eigenvalue weighted by molar-refractivity contribution is -0.384. The summed E-state index contributed by atoms with van der Waals surface area (Å²) < 4.78 is 29.7.